The number of nitrogens with zero attached hydrogens (tertiary/aromatic N) is 3. The van der Waals surface area contributed by atoms with E-state index in [0.29, 0.717) is 10.1 Å². The molecule has 1 aromatic carbocycles. The highest BCUT2D eigenvalue weighted by Crippen LogP contribution is 2.16. The maximum absolute atomic E-state index is 12.7. The maximum Gasteiger partial charge on any atom is 0.319 e. The Morgan fingerprint density at radius 3 is 2.57 bits per heavy atom. The van der Waals surface area contributed by atoms with Crippen molar-refractivity contribution in [3.8, 4) is 0 Å². The van der Waals surface area contributed by atoms with Crippen molar-refractivity contribution < 1.29 is 17.2 Å². The number of alkyl halides is 2. The van der Waals surface area contributed by atoms with E-state index in [1.807, 2.05) is 0 Å². The van der Waals surface area contributed by atoms with E-state index in [0.717, 1.165) is 10.5 Å². The quantitative estimate of drug-likeness (QED) is 0.821. The molecule has 114 valence electrons. The smallest absolute Gasteiger partial charge is 0.277 e. The second-order valence-corrected chi connectivity index (χ2v) is 6.60. The fourth-order valence-corrected chi connectivity index (χ4v) is 2.98. The fraction of sp³-hybridized carbons (Fsp3) is 0.308. The minimum Gasteiger partial charge on any atom is -0.277 e. The predicted octanol–water partition coefficient (Wildman–Crippen LogP) is 2.24. The molecule has 1 heterocycles. The van der Waals surface area contributed by atoms with Crippen molar-refractivity contribution >= 4 is 10.0 Å². The monoisotopic (exact) mass is 315 g/mol. The summed E-state index contributed by atoms with van der Waals surface area (Å²) in [5, 5.41) is 0. The number of halogens is 2. The summed E-state index contributed by atoms with van der Waals surface area (Å²) >= 11 is 0. The van der Waals surface area contributed by atoms with Crippen molar-refractivity contribution in [3.05, 3.63) is 54.1 Å². The van der Waals surface area contributed by atoms with Crippen LogP contribution in [-0.4, -0.2) is 29.3 Å². The van der Waals surface area contributed by atoms with Crippen LogP contribution in [0.4, 0.5) is 8.78 Å². The number of sulfonamides is 1. The Kier molecular flexibility index (Phi) is 4.69. The van der Waals surface area contributed by atoms with E-state index in [4.69, 9.17) is 0 Å². The van der Waals surface area contributed by atoms with Crippen LogP contribution in [-0.2, 0) is 22.3 Å². The molecule has 0 aliphatic heterocycles. The highest BCUT2D eigenvalue weighted by atomic mass is 32.2. The first-order chi connectivity index (χ1) is 9.90. The second-order valence-electron chi connectivity index (χ2n) is 4.53. The summed E-state index contributed by atoms with van der Waals surface area (Å²) in [7, 11) is -2.25. The summed E-state index contributed by atoms with van der Waals surface area (Å²) in [5.74, 6) is -0.177. The van der Waals surface area contributed by atoms with E-state index in [9.17, 15) is 17.2 Å². The molecule has 0 saturated heterocycles. The first-order valence-corrected chi connectivity index (χ1v) is 7.79. The van der Waals surface area contributed by atoms with Crippen LogP contribution >= 0.6 is 0 Å². The van der Waals surface area contributed by atoms with E-state index >= 15 is 0 Å². The molecule has 0 amide bonds. The Labute approximate surface area is 121 Å². The van der Waals surface area contributed by atoms with Gasteiger partial charge in [0, 0.05) is 19.4 Å². The van der Waals surface area contributed by atoms with Crippen molar-refractivity contribution in [3.63, 3.8) is 0 Å². The Balaban J connectivity index is 2.12. The van der Waals surface area contributed by atoms with Gasteiger partial charge in [0.15, 0.2) is 0 Å². The molecule has 0 unspecified atom stereocenters. The zero-order chi connectivity index (χ0) is 15.5. The zero-order valence-corrected chi connectivity index (χ0v) is 12.2. The number of benzene rings is 1. The Hall–Kier alpha value is -1.80. The summed E-state index contributed by atoms with van der Waals surface area (Å²) in [4.78, 5) is 3.77. The van der Waals surface area contributed by atoms with Gasteiger partial charge in [-0.1, -0.05) is 30.3 Å². The Morgan fingerprint density at radius 1 is 1.29 bits per heavy atom. The minimum absolute atomic E-state index is 0.00383. The lowest BCUT2D eigenvalue weighted by atomic mass is 10.2. The van der Waals surface area contributed by atoms with Crippen molar-refractivity contribution in [2.24, 2.45) is 0 Å². The molecule has 0 saturated carbocycles. The van der Waals surface area contributed by atoms with Gasteiger partial charge in [0.05, 0.1) is 12.3 Å². The maximum atomic E-state index is 12.7. The molecule has 2 rings (SSSR count). The molecule has 21 heavy (non-hydrogen) atoms. The van der Waals surface area contributed by atoms with E-state index in [1.165, 1.54) is 13.2 Å². The summed E-state index contributed by atoms with van der Waals surface area (Å²) in [6.45, 7) is -2.94. The molecule has 0 radical (unpaired) electrons. The molecule has 0 aliphatic carbocycles. The molecular formula is C13H15F2N3O2S. The lowest BCUT2D eigenvalue weighted by Gasteiger charge is -2.17. The van der Waals surface area contributed by atoms with Gasteiger partial charge >= 0.3 is 6.55 Å². The first kappa shape index (κ1) is 15.6. The third kappa shape index (κ3) is 3.85. The average Bonchev–Trinajstić information content (AvgIpc) is 2.87. The van der Waals surface area contributed by atoms with Crippen molar-refractivity contribution in [2.45, 2.75) is 18.8 Å². The highest BCUT2D eigenvalue weighted by molar-refractivity contribution is 7.88. The number of imidazole rings is 1. The molecule has 0 atom stereocenters. The van der Waals surface area contributed by atoms with E-state index < -0.39 is 16.6 Å². The van der Waals surface area contributed by atoms with Crippen LogP contribution in [0.15, 0.2) is 42.7 Å². The first-order valence-electron chi connectivity index (χ1n) is 6.18. The molecule has 0 spiro atoms. The van der Waals surface area contributed by atoms with Gasteiger partial charge in [0.2, 0.25) is 10.0 Å². The zero-order valence-electron chi connectivity index (χ0n) is 11.4. The average molecular weight is 315 g/mol. The van der Waals surface area contributed by atoms with Crippen LogP contribution in [0, 0.1) is 0 Å². The van der Waals surface area contributed by atoms with Crippen LogP contribution < -0.4 is 0 Å². The molecule has 1 aromatic heterocycles. The summed E-state index contributed by atoms with van der Waals surface area (Å²) in [6, 6.07) is 8.68. The summed E-state index contributed by atoms with van der Waals surface area (Å²) in [5.41, 5.74) is 0.640. The Bertz CT molecular complexity index is 686. The lowest BCUT2D eigenvalue weighted by Crippen LogP contribution is -2.29. The van der Waals surface area contributed by atoms with E-state index in [-0.39, 0.29) is 18.1 Å². The summed E-state index contributed by atoms with van der Waals surface area (Å²) in [6.07, 6.45) is 2.34. The summed E-state index contributed by atoms with van der Waals surface area (Å²) < 4.78 is 51.5. The number of hydrogen-bond acceptors (Lipinski definition) is 3. The van der Waals surface area contributed by atoms with Crippen molar-refractivity contribution in [1.82, 2.24) is 13.9 Å². The molecular weight excluding hydrogens is 300 g/mol. The van der Waals surface area contributed by atoms with Gasteiger partial charge in [-0.3, -0.25) is 4.57 Å². The number of rotatable bonds is 6. The third-order valence-electron chi connectivity index (χ3n) is 2.99. The van der Waals surface area contributed by atoms with Gasteiger partial charge in [-0.25, -0.2) is 13.4 Å². The van der Waals surface area contributed by atoms with Gasteiger partial charge in [-0.05, 0) is 5.56 Å². The van der Waals surface area contributed by atoms with Crippen LogP contribution in [0.5, 0.6) is 0 Å². The van der Waals surface area contributed by atoms with Crippen molar-refractivity contribution in [2.75, 3.05) is 7.05 Å². The van der Waals surface area contributed by atoms with Crippen LogP contribution in [0.3, 0.4) is 0 Å². The van der Waals surface area contributed by atoms with Gasteiger partial charge < -0.3 is 0 Å². The van der Waals surface area contributed by atoms with Gasteiger partial charge in [0.25, 0.3) is 0 Å². The molecule has 0 N–H and O–H groups in total. The second kappa shape index (κ2) is 6.31. The molecule has 8 heteroatoms. The predicted molar refractivity (Wildman–Crippen MR) is 74.0 cm³/mol. The third-order valence-corrected chi connectivity index (χ3v) is 4.77. The number of hydrogen-bond donors (Lipinski definition) is 0. The Morgan fingerprint density at radius 2 is 1.95 bits per heavy atom. The van der Waals surface area contributed by atoms with Crippen LogP contribution in [0.25, 0.3) is 0 Å². The van der Waals surface area contributed by atoms with Crippen LogP contribution in [0.2, 0.25) is 0 Å². The molecule has 5 nitrogen and oxygen atoms in total. The molecule has 2 aromatic rings. The molecule has 0 aliphatic rings. The van der Waals surface area contributed by atoms with Gasteiger partial charge in [-0.15, -0.1) is 0 Å². The van der Waals surface area contributed by atoms with Gasteiger partial charge in [0.1, 0.15) is 5.82 Å². The minimum atomic E-state index is -3.60. The largest absolute Gasteiger partial charge is 0.319 e. The normalized spacial score (nSPS) is 12.2. The SMILES string of the molecule is CN(Cc1nccn1C(F)F)S(=O)(=O)Cc1ccccc1. The highest BCUT2D eigenvalue weighted by Gasteiger charge is 2.21. The number of aromatic nitrogens is 2. The standard InChI is InChI=1S/C13H15F2N3O2S/c1-17(9-12-16-7-8-18(12)13(14)15)21(19,20)10-11-5-3-2-4-6-11/h2-8,13H,9-10H2,1H3. The van der Waals surface area contributed by atoms with E-state index in [1.54, 1.807) is 30.3 Å². The lowest BCUT2D eigenvalue weighted by molar-refractivity contribution is 0.0658. The van der Waals surface area contributed by atoms with Gasteiger partial charge in [-0.2, -0.15) is 13.1 Å². The molecule has 0 bridgehead atoms. The molecule has 0 fully saturated rings. The fourth-order valence-electron chi connectivity index (χ4n) is 1.84. The van der Waals surface area contributed by atoms with E-state index in [2.05, 4.69) is 4.98 Å². The van der Waals surface area contributed by atoms with Crippen molar-refractivity contribution in [1.29, 1.82) is 0 Å². The topological polar surface area (TPSA) is 55.2 Å². The van der Waals surface area contributed by atoms with Crippen LogP contribution in [0.1, 0.15) is 17.9 Å².